The Balaban J connectivity index is 1.56. The van der Waals surface area contributed by atoms with Crippen molar-refractivity contribution in [3.05, 3.63) is 36.0 Å². The summed E-state index contributed by atoms with van der Waals surface area (Å²) >= 11 is 0. The molecule has 0 radical (unpaired) electrons. The third-order valence-corrected chi connectivity index (χ3v) is 4.20. The molecule has 1 atom stereocenters. The van der Waals surface area contributed by atoms with Crippen LogP contribution in [-0.4, -0.2) is 28.0 Å². The van der Waals surface area contributed by atoms with Gasteiger partial charge in [0.2, 0.25) is 5.91 Å². The average molecular weight is 300 g/mol. The van der Waals surface area contributed by atoms with Crippen LogP contribution in [0.5, 0.6) is 0 Å². The number of hydrogen-bond donors (Lipinski definition) is 3. The van der Waals surface area contributed by atoms with E-state index in [1.807, 2.05) is 30.5 Å². The van der Waals surface area contributed by atoms with E-state index in [1.54, 1.807) is 0 Å². The molecule has 0 saturated heterocycles. The summed E-state index contributed by atoms with van der Waals surface area (Å²) in [6.07, 6.45) is 5.52. The monoisotopic (exact) mass is 300 g/mol. The summed E-state index contributed by atoms with van der Waals surface area (Å²) in [5, 5.41) is 12.9. The number of carboxylic acids is 1. The maximum Gasteiger partial charge on any atom is 0.326 e. The maximum absolute atomic E-state index is 12.0. The van der Waals surface area contributed by atoms with Gasteiger partial charge in [0.05, 0.1) is 0 Å². The van der Waals surface area contributed by atoms with Gasteiger partial charge in [0.1, 0.15) is 6.04 Å². The van der Waals surface area contributed by atoms with Crippen LogP contribution >= 0.6 is 0 Å². The lowest BCUT2D eigenvalue weighted by atomic mass is 10.1. The molecule has 2 aromatic rings. The highest BCUT2D eigenvalue weighted by molar-refractivity contribution is 5.86. The second-order valence-corrected chi connectivity index (χ2v) is 6.00. The zero-order valence-corrected chi connectivity index (χ0v) is 12.3. The predicted molar refractivity (Wildman–Crippen MR) is 83.5 cm³/mol. The molecule has 1 aliphatic carbocycles. The Morgan fingerprint density at radius 1 is 1.32 bits per heavy atom. The van der Waals surface area contributed by atoms with Crippen molar-refractivity contribution in [3.8, 4) is 0 Å². The number of H-pyrrole nitrogens is 1. The largest absolute Gasteiger partial charge is 0.480 e. The van der Waals surface area contributed by atoms with E-state index in [-0.39, 0.29) is 5.91 Å². The summed E-state index contributed by atoms with van der Waals surface area (Å²) in [4.78, 5) is 26.4. The molecule has 1 aromatic carbocycles. The number of amides is 1. The fourth-order valence-electron chi connectivity index (χ4n) is 2.76. The van der Waals surface area contributed by atoms with E-state index < -0.39 is 12.0 Å². The summed E-state index contributed by atoms with van der Waals surface area (Å²) in [5.74, 6) is -0.666. The molecule has 3 rings (SSSR count). The normalized spacial score (nSPS) is 15.6. The summed E-state index contributed by atoms with van der Waals surface area (Å²) in [6, 6.07) is 7.20. The Morgan fingerprint density at radius 2 is 2.09 bits per heavy atom. The van der Waals surface area contributed by atoms with Crippen LogP contribution in [-0.2, 0) is 16.0 Å². The van der Waals surface area contributed by atoms with E-state index in [0.29, 0.717) is 25.2 Å². The van der Waals surface area contributed by atoms with Crippen LogP contribution in [0.2, 0.25) is 0 Å². The average Bonchev–Trinajstić information content (AvgIpc) is 3.23. The third-order valence-electron chi connectivity index (χ3n) is 4.20. The lowest BCUT2D eigenvalue weighted by Crippen LogP contribution is -2.41. The number of benzene rings is 1. The van der Waals surface area contributed by atoms with Crippen molar-refractivity contribution in [3.63, 3.8) is 0 Å². The number of carbonyl (C=O) groups excluding carboxylic acids is 1. The number of para-hydroxylation sites is 1. The number of carbonyl (C=O) groups is 2. The van der Waals surface area contributed by atoms with Crippen LogP contribution in [0, 0.1) is 5.92 Å². The molecular weight excluding hydrogens is 280 g/mol. The Bertz CT molecular complexity index is 688. The maximum atomic E-state index is 12.0. The molecule has 1 aliphatic rings. The zero-order valence-electron chi connectivity index (χ0n) is 12.3. The van der Waals surface area contributed by atoms with E-state index in [1.165, 1.54) is 0 Å². The van der Waals surface area contributed by atoms with Crippen molar-refractivity contribution < 1.29 is 14.7 Å². The molecule has 116 valence electrons. The van der Waals surface area contributed by atoms with E-state index in [2.05, 4.69) is 10.3 Å². The van der Waals surface area contributed by atoms with Crippen LogP contribution < -0.4 is 5.32 Å². The minimum atomic E-state index is -0.938. The van der Waals surface area contributed by atoms with E-state index in [0.717, 1.165) is 29.3 Å². The summed E-state index contributed by atoms with van der Waals surface area (Å²) in [5.41, 5.74) is 2.13. The van der Waals surface area contributed by atoms with Gasteiger partial charge in [0.25, 0.3) is 0 Å². The number of fused-ring (bicyclic) bond motifs is 1. The highest BCUT2D eigenvalue weighted by Gasteiger charge is 2.30. The first kappa shape index (κ1) is 14.6. The van der Waals surface area contributed by atoms with Gasteiger partial charge < -0.3 is 15.4 Å². The lowest BCUT2D eigenvalue weighted by Gasteiger charge is -2.13. The minimum absolute atomic E-state index is 0.196. The molecule has 1 unspecified atom stereocenters. The number of nitrogens with one attached hydrogen (secondary N) is 2. The molecule has 0 bridgehead atoms. The molecule has 1 aromatic heterocycles. The van der Waals surface area contributed by atoms with Gasteiger partial charge in [0.15, 0.2) is 0 Å². The van der Waals surface area contributed by atoms with Crippen LogP contribution in [0.3, 0.4) is 0 Å². The second kappa shape index (κ2) is 6.22. The van der Waals surface area contributed by atoms with Crippen molar-refractivity contribution in [1.82, 2.24) is 10.3 Å². The van der Waals surface area contributed by atoms with Crippen LogP contribution in [0.25, 0.3) is 10.9 Å². The number of aromatic amines is 1. The number of hydrogen-bond acceptors (Lipinski definition) is 2. The highest BCUT2D eigenvalue weighted by atomic mass is 16.4. The molecule has 1 heterocycles. The first-order chi connectivity index (χ1) is 10.6. The summed E-state index contributed by atoms with van der Waals surface area (Å²) in [6.45, 7) is 0. The van der Waals surface area contributed by atoms with Crippen molar-refractivity contribution in [2.75, 3.05) is 0 Å². The molecule has 0 aliphatic heterocycles. The fourth-order valence-corrected chi connectivity index (χ4v) is 2.76. The third kappa shape index (κ3) is 3.47. The predicted octanol–water partition coefficient (Wildman–Crippen LogP) is 2.47. The quantitative estimate of drug-likeness (QED) is 0.734. The second-order valence-electron chi connectivity index (χ2n) is 6.00. The fraction of sp³-hybridized carbons (Fsp3) is 0.412. The van der Waals surface area contributed by atoms with Crippen LogP contribution in [0.4, 0.5) is 0 Å². The molecule has 0 spiro atoms. The molecule has 5 nitrogen and oxygen atoms in total. The molecule has 1 saturated carbocycles. The number of rotatable bonds is 7. The number of aliphatic carboxylic acids is 1. The standard InChI is InChI=1S/C17H20N2O3/c20-16(19-15(17(21)22)9-11-5-6-11)8-7-12-10-18-14-4-2-1-3-13(12)14/h1-4,10-11,15,18H,5-9H2,(H,19,20)(H,21,22). The molecular formula is C17H20N2O3. The highest BCUT2D eigenvalue weighted by Crippen LogP contribution is 2.33. The zero-order chi connectivity index (χ0) is 15.5. The molecule has 5 heteroatoms. The van der Waals surface area contributed by atoms with Crippen molar-refractivity contribution in [1.29, 1.82) is 0 Å². The van der Waals surface area contributed by atoms with Crippen molar-refractivity contribution >= 4 is 22.8 Å². The SMILES string of the molecule is O=C(CCc1c[nH]c2ccccc12)NC(CC1CC1)C(=O)O. The molecule has 22 heavy (non-hydrogen) atoms. The molecule has 3 N–H and O–H groups in total. The van der Waals surface area contributed by atoms with Gasteiger partial charge in [-0.05, 0) is 30.4 Å². The van der Waals surface area contributed by atoms with Crippen molar-refractivity contribution in [2.24, 2.45) is 5.92 Å². The molecule has 1 fully saturated rings. The number of aromatic nitrogens is 1. The summed E-state index contributed by atoms with van der Waals surface area (Å²) in [7, 11) is 0. The van der Waals surface area contributed by atoms with Crippen molar-refractivity contribution in [2.45, 2.75) is 38.1 Å². The first-order valence-electron chi connectivity index (χ1n) is 7.70. The van der Waals surface area contributed by atoms with E-state index >= 15 is 0 Å². The van der Waals surface area contributed by atoms with Gasteiger partial charge in [-0.15, -0.1) is 0 Å². The first-order valence-corrected chi connectivity index (χ1v) is 7.70. The lowest BCUT2D eigenvalue weighted by molar-refractivity contribution is -0.142. The van der Waals surface area contributed by atoms with Gasteiger partial charge in [-0.3, -0.25) is 4.79 Å². The Kier molecular flexibility index (Phi) is 4.13. The van der Waals surface area contributed by atoms with Gasteiger partial charge >= 0.3 is 5.97 Å². The number of aryl methyl sites for hydroxylation is 1. The smallest absolute Gasteiger partial charge is 0.326 e. The van der Waals surface area contributed by atoms with Gasteiger partial charge in [-0.2, -0.15) is 0 Å². The Hall–Kier alpha value is -2.30. The van der Waals surface area contributed by atoms with Gasteiger partial charge in [0, 0.05) is 23.5 Å². The van der Waals surface area contributed by atoms with Crippen LogP contribution in [0.1, 0.15) is 31.2 Å². The van der Waals surface area contributed by atoms with Gasteiger partial charge in [-0.1, -0.05) is 31.0 Å². The molecule has 1 amide bonds. The minimum Gasteiger partial charge on any atom is -0.480 e. The Labute approximate surface area is 128 Å². The summed E-state index contributed by atoms with van der Waals surface area (Å²) < 4.78 is 0. The van der Waals surface area contributed by atoms with Crippen LogP contribution in [0.15, 0.2) is 30.5 Å². The number of carboxylic acid groups (broad SMARTS) is 1. The van der Waals surface area contributed by atoms with E-state index in [9.17, 15) is 14.7 Å². The van der Waals surface area contributed by atoms with Gasteiger partial charge in [-0.25, -0.2) is 4.79 Å². The van der Waals surface area contributed by atoms with E-state index in [4.69, 9.17) is 0 Å². The Morgan fingerprint density at radius 3 is 2.82 bits per heavy atom. The topological polar surface area (TPSA) is 82.2 Å².